The molecule has 3 aliphatic rings. The van der Waals surface area contributed by atoms with E-state index in [9.17, 15) is 42.0 Å². The molecule has 6 amide bonds. The molecule has 9 atom stereocenters. The lowest BCUT2D eigenvalue weighted by atomic mass is 9.83. The first-order valence-corrected chi connectivity index (χ1v) is 34.1. The van der Waals surface area contributed by atoms with Crippen molar-refractivity contribution in [2.75, 3.05) is 74.1 Å². The molecule has 3 N–H and O–H groups in total. The number of hydrogen-bond acceptors (Lipinski definition) is 16. The van der Waals surface area contributed by atoms with Gasteiger partial charge in [0.1, 0.15) is 11.8 Å². The fourth-order valence-corrected chi connectivity index (χ4v) is 14.2. The molecule has 2 saturated heterocycles. The third kappa shape index (κ3) is 19.3. The summed E-state index contributed by atoms with van der Waals surface area (Å²) in [6.07, 6.45) is 5.85. The molecule has 2 aromatic rings. The molecular weight excluding hydrogens is 1130 g/mol. The molecule has 1 aromatic carbocycles. The molecule has 23 heteroatoms. The number of likely N-dealkylation sites (N-methyl/N-ethyl adjacent to an activating group) is 2. The number of likely N-dealkylation sites (tertiary alicyclic amines) is 2. The van der Waals surface area contributed by atoms with Gasteiger partial charge < -0.3 is 39.5 Å². The molecule has 20 nitrogen and oxygen atoms in total. The number of carbonyl (C=O) groups excluding carboxylic acids is 7. The number of piperidine rings is 1. The molecule has 3 heterocycles. The van der Waals surface area contributed by atoms with E-state index in [2.05, 4.69) is 20.3 Å². The predicted octanol–water partition coefficient (Wildman–Crippen LogP) is 6.82. The molecule has 0 unspecified atom stereocenters. The quantitative estimate of drug-likeness (QED) is 0.0680. The SMILES string of the molecule is CC[C@H](C)[C@@H]([C@@H](CC(=O)N1CCC[C@H]1[C@H](OC)[C@@H](C)C(=O)N[C@@H](Cc1ccc(OC(=O)N2CCC(CNC(=O)c3cc(CSC)nc(CSC)c3)CC2)cc1)C(=O)NS(=O)(=O)C1CC1)OC)N(C)C(=O)[C@@H](CC(=O)[C@H](C(C)C)N(C)C)C(C)C. The summed E-state index contributed by atoms with van der Waals surface area (Å²) in [6.45, 7) is 15.3. The molecule has 2 aliphatic heterocycles. The van der Waals surface area contributed by atoms with E-state index in [0.717, 1.165) is 11.4 Å². The number of nitrogens with zero attached hydrogens (tertiary/aromatic N) is 5. The number of amides is 6. The van der Waals surface area contributed by atoms with E-state index >= 15 is 0 Å². The van der Waals surface area contributed by atoms with E-state index in [0.29, 0.717) is 93.8 Å². The van der Waals surface area contributed by atoms with E-state index < -0.39 is 75.4 Å². The lowest BCUT2D eigenvalue weighted by Crippen LogP contribution is -2.55. The molecule has 5 rings (SSSR count). The number of pyridine rings is 1. The van der Waals surface area contributed by atoms with Crippen molar-refractivity contribution < 1.29 is 56.2 Å². The van der Waals surface area contributed by atoms with Crippen molar-refractivity contribution >= 4 is 75.0 Å². The highest BCUT2D eigenvalue weighted by Crippen LogP contribution is 2.32. The van der Waals surface area contributed by atoms with E-state index in [-0.39, 0.29) is 78.2 Å². The van der Waals surface area contributed by atoms with Gasteiger partial charge in [0.05, 0.1) is 59.3 Å². The average Bonchev–Trinajstić information content (AvgIpc) is 4.28. The highest BCUT2D eigenvalue weighted by Gasteiger charge is 2.44. The third-order valence-electron chi connectivity index (χ3n) is 16.9. The van der Waals surface area contributed by atoms with Crippen molar-refractivity contribution in [2.45, 2.75) is 166 Å². The van der Waals surface area contributed by atoms with Crippen LogP contribution in [-0.4, -0.2) is 190 Å². The van der Waals surface area contributed by atoms with Crippen molar-refractivity contribution in [1.29, 1.82) is 0 Å². The maximum Gasteiger partial charge on any atom is 0.415 e. The van der Waals surface area contributed by atoms with Crippen molar-refractivity contribution in [1.82, 2.24) is 39.9 Å². The zero-order valence-electron chi connectivity index (χ0n) is 52.1. The molecular formula is C61H96N8O12S3. The van der Waals surface area contributed by atoms with Gasteiger partial charge in [-0.3, -0.25) is 43.4 Å². The minimum absolute atomic E-state index is 0.00424. The first kappa shape index (κ1) is 70.0. The van der Waals surface area contributed by atoms with E-state index in [1.165, 1.54) is 14.2 Å². The van der Waals surface area contributed by atoms with Crippen LogP contribution in [0, 0.1) is 35.5 Å². The number of benzene rings is 1. The van der Waals surface area contributed by atoms with Crippen LogP contribution in [0.5, 0.6) is 5.75 Å². The summed E-state index contributed by atoms with van der Waals surface area (Å²) < 4.78 is 46.2. The summed E-state index contributed by atoms with van der Waals surface area (Å²) in [6, 6.07) is 7.38. The van der Waals surface area contributed by atoms with Gasteiger partial charge in [0.2, 0.25) is 27.7 Å². The number of thioether (sulfide) groups is 2. The van der Waals surface area contributed by atoms with Crippen LogP contribution in [0.25, 0.3) is 0 Å². The maximum atomic E-state index is 14.6. The number of sulfonamides is 1. The second-order valence-electron chi connectivity index (χ2n) is 24.1. The topological polar surface area (TPSA) is 243 Å². The molecule has 470 valence electrons. The Kier molecular flexibility index (Phi) is 27.3. The molecule has 84 heavy (non-hydrogen) atoms. The minimum atomic E-state index is -4.00. The van der Waals surface area contributed by atoms with E-state index in [4.69, 9.17) is 14.2 Å². The molecule has 0 bridgehead atoms. The highest BCUT2D eigenvalue weighted by atomic mass is 32.2. The number of aromatic nitrogens is 1. The Morgan fingerprint density at radius 1 is 0.798 bits per heavy atom. The first-order chi connectivity index (χ1) is 39.8. The Morgan fingerprint density at radius 2 is 1.42 bits per heavy atom. The smallest absolute Gasteiger partial charge is 0.410 e. The maximum absolute atomic E-state index is 14.6. The lowest BCUT2D eigenvalue weighted by Gasteiger charge is -2.41. The Labute approximate surface area is 508 Å². The van der Waals surface area contributed by atoms with Crippen LogP contribution in [0.2, 0.25) is 0 Å². The van der Waals surface area contributed by atoms with E-state index in [1.54, 1.807) is 76.5 Å². The fraction of sp³-hybridized carbons (Fsp3) is 0.705. The molecule has 1 aromatic heterocycles. The van der Waals surface area contributed by atoms with Crippen molar-refractivity contribution in [3.05, 3.63) is 58.9 Å². The number of ether oxygens (including phenoxy) is 3. The van der Waals surface area contributed by atoms with Crippen LogP contribution in [0.4, 0.5) is 4.79 Å². The fourth-order valence-electron chi connectivity index (χ4n) is 11.9. The minimum Gasteiger partial charge on any atom is -0.410 e. The van der Waals surface area contributed by atoms with Gasteiger partial charge in [-0.2, -0.15) is 23.5 Å². The number of methoxy groups -OCH3 is 2. The zero-order valence-corrected chi connectivity index (χ0v) is 54.6. The lowest BCUT2D eigenvalue weighted by molar-refractivity contribution is -0.149. The van der Waals surface area contributed by atoms with Crippen LogP contribution < -0.4 is 20.1 Å². The van der Waals surface area contributed by atoms with Crippen LogP contribution in [0.15, 0.2) is 36.4 Å². The highest BCUT2D eigenvalue weighted by molar-refractivity contribution is 7.98. The van der Waals surface area contributed by atoms with Gasteiger partial charge in [0.15, 0.2) is 5.78 Å². The average molecular weight is 1230 g/mol. The molecule has 3 fully saturated rings. The number of ketones is 1. The molecule has 0 spiro atoms. The summed E-state index contributed by atoms with van der Waals surface area (Å²) in [4.78, 5) is 109. The summed E-state index contributed by atoms with van der Waals surface area (Å²) in [7, 11) is 4.47. The van der Waals surface area contributed by atoms with Gasteiger partial charge in [0, 0.05) is 83.3 Å². The Hall–Kier alpha value is -4.81. The number of Topliss-reactive ketones (excluding diaryl/α,β-unsaturated/α-hetero) is 1. The van der Waals surface area contributed by atoms with E-state index in [1.807, 2.05) is 85.2 Å². The number of carbonyl (C=O) groups is 7. The second-order valence-corrected chi connectivity index (χ2v) is 27.8. The van der Waals surface area contributed by atoms with Gasteiger partial charge in [-0.25, -0.2) is 13.2 Å². The van der Waals surface area contributed by atoms with Gasteiger partial charge in [-0.15, -0.1) is 0 Å². The van der Waals surface area contributed by atoms with Gasteiger partial charge in [-0.05, 0) is 119 Å². The van der Waals surface area contributed by atoms with Crippen molar-refractivity contribution in [3.63, 3.8) is 0 Å². The number of nitrogens with one attached hydrogen (secondary N) is 3. The molecule has 1 aliphatic carbocycles. The van der Waals surface area contributed by atoms with Gasteiger partial charge >= 0.3 is 6.09 Å². The van der Waals surface area contributed by atoms with Gasteiger partial charge in [0.25, 0.3) is 11.8 Å². The molecule has 0 radical (unpaired) electrons. The van der Waals surface area contributed by atoms with Crippen LogP contribution in [0.1, 0.15) is 134 Å². The Bertz CT molecular complexity index is 2620. The Morgan fingerprint density at radius 3 is 1.94 bits per heavy atom. The third-order valence-corrected chi connectivity index (χ3v) is 19.9. The second kappa shape index (κ2) is 32.8. The largest absolute Gasteiger partial charge is 0.415 e. The van der Waals surface area contributed by atoms with Gasteiger partial charge in [-0.1, -0.05) is 67.0 Å². The summed E-state index contributed by atoms with van der Waals surface area (Å²) in [5.41, 5.74) is 2.88. The first-order valence-electron chi connectivity index (χ1n) is 29.8. The van der Waals surface area contributed by atoms with Crippen molar-refractivity contribution in [3.8, 4) is 5.75 Å². The van der Waals surface area contributed by atoms with Crippen molar-refractivity contribution in [2.24, 2.45) is 35.5 Å². The summed E-state index contributed by atoms with van der Waals surface area (Å²) in [5.74, 6) is -1.88. The summed E-state index contributed by atoms with van der Waals surface area (Å²) >= 11 is 3.30. The monoisotopic (exact) mass is 1230 g/mol. The predicted molar refractivity (Wildman–Crippen MR) is 330 cm³/mol. The van der Waals surface area contributed by atoms with Crippen LogP contribution >= 0.6 is 23.5 Å². The van der Waals surface area contributed by atoms with Crippen LogP contribution in [0.3, 0.4) is 0 Å². The Balaban J connectivity index is 1.22. The zero-order chi connectivity index (χ0) is 62.2. The normalized spacial score (nSPS) is 18.8. The standard InChI is InChI=1S/C61H96N8O12S3/c1-15-39(6)55(67(10)60(75)48(37(2)3)32-51(70)54(38(4)5)66(8)9)52(79-11)33-53(71)69-26-16-17-50(69)56(80-12)40(7)57(72)64-49(59(74)65-84(77,78)47-22-23-47)29-41-18-20-46(21-19-41)81-61(76)68-27-24-42(25-28-68)34-62-58(73)43-30-44(35-82-13)63-45(31-43)36-83-14/h18-21,30-31,37-40,42,47-50,52,54-56H,15-17,22-29,32-36H2,1-14H3,(H,62,73)(H,64,72)(H,65,74)/t39-,40+,48-,49-,50-,52+,54-,55-,56+/m0/s1. The summed E-state index contributed by atoms with van der Waals surface area (Å²) in [5, 5.41) is 5.18. The van der Waals surface area contributed by atoms with Crippen LogP contribution in [-0.2, 0) is 61.4 Å². The number of rotatable bonds is 32. The number of hydrogen-bond donors (Lipinski definition) is 3. The molecule has 1 saturated carbocycles.